The first kappa shape index (κ1) is 24.3. The third kappa shape index (κ3) is 3.92. The summed E-state index contributed by atoms with van der Waals surface area (Å²) in [7, 11) is -8.59. The molecular formula is C20H16N2O11S2. The number of carbonyl (C=O) groups is 4. The van der Waals surface area contributed by atoms with E-state index in [1.54, 1.807) is 0 Å². The molecule has 15 heteroatoms. The molecule has 35 heavy (non-hydrogen) atoms. The van der Waals surface area contributed by atoms with Crippen LogP contribution in [0.2, 0.25) is 0 Å². The van der Waals surface area contributed by atoms with Crippen molar-refractivity contribution in [3.05, 3.63) is 58.7 Å². The van der Waals surface area contributed by atoms with E-state index < -0.39 is 66.7 Å². The summed E-state index contributed by atoms with van der Waals surface area (Å²) >= 11 is 0. The first-order valence-electron chi connectivity index (χ1n) is 9.84. The number of rotatable bonds is 8. The minimum Gasteiger partial charge on any atom is -0.478 e. The highest BCUT2D eigenvalue weighted by Gasteiger charge is 2.42. The number of aromatic carboxylic acids is 2. The molecule has 2 N–H and O–H groups in total. The Balaban J connectivity index is 1.38. The molecule has 4 rings (SSSR count). The van der Waals surface area contributed by atoms with E-state index in [-0.39, 0.29) is 35.5 Å². The molecule has 0 atom stereocenters. The van der Waals surface area contributed by atoms with Crippen molar-refractivity contribution < 1.29 is 51.0 Å². The third-order valence-corrected chi connectivity index (χ3v) is 9.03. The van der Waals surface area contributed by atoms with Gasteiger partial charge in [-0.25, -0.2) is 35.0 Å². The largest absolute Gasteiger partial charge is 0.478 e. The highest BCUT2D eigenvalue weighted by molar-refractivity contribution is 7.90. The number of hydrogen-bond donors (Lipinski definition) is 2. The van der Waals surface area contributed by atoms with Gasteiger partial charge in [0.2, 0.25) is 0 Å². The SMILES string of the molecule is O=C(O)c1ccc2c(c1)S(=O)(=O)N(CCOCCN1C(=O)c3ccc(C(=O)O)cc3S1(=O)=O)C2=O. The van der Waals surface area contributed by atoms with E-state index in [1.165, 1.54) is 0 Å². The Labute approximate surface area is 198 Å². The Bertz CT molecular complexity index is 1400. The van der Waals surface area contributed by atoms with Crippen molar-refractivity contribution in [2.24, 2.45) is 0 Å². The van der Waals surface area contributed by atoms with Crippen LogP contribution in [0.5, 0.6) is 0 Å². The third-order valence-electron chi connectivity index (χ3n) is 5.38. The molecule has 0 spiro atoms. The van der Waals surface area contributed by atoms with E-state index in [0.717, 1.165) is 36.4 Å². The van der Waals surface area contributed by atoms with E-state index in [4.69, 9.17) is 14.9 Å². The smallest absolute Gasteiger partial charge is 0.335 e. The molecule has 184 valence electrons. The Kier molecular flexibility index (Phi) is 5.86. The molecule has 0 saturated heterocycles. The van der Waals surface area contributed by atoms with Crippen LogP contribution < -0.4 is 0 Å². The van der Waals surface area contributed by atoms with Crippen molar-refractivity contribution in [1.29, 1.82) is 0 Å². The number of fused-ring (bicyclic) bond motifs is 2. The summed E-state index contributed by atoms with van der Waals surface area (Å²) < 4.78 is 56.9. The van der Waals surface area contributed by atoms with Crippen molar-refractivity contribution in [2.45, 2.75) is 9.79 Å². The van der Waals surface area contributed by atoms with Gasteiger partial charge in [-0.1, -0.05) is 0 Å². The fourth-order valence-electron chi connectivity index (χ4n) is 3.66. The molecule has 2 aromatic rings. The molecule has 0 radical (unpaired) electrons. The van der Waals surface area contributed by atoms with Gasteiger partial charge in [-0.3, -0.25) is 9.59 Å². The lowest BCUT2D eigenvalue weighted by atomic mass is 10.1. The molecule has 2 aliphatic heterocycles. The van der Waals surface area contributed by atoms with Gasteiger partial charge in [-0.2, -0.15) is 0 Å². The van der Waals surface area contributed by atoms with Crippen LogP contribution in [0.15, 0.2) is 46.2 Å². The fraction of sp³-hybridized carbons (Fsp3) is 0.200. The zero-order chi connectivity index (χ0) is 25.7. The number of carboxylic acid groups (broad SMARTS) is 2. The van der Waals surface area contributed by atoms with E-state index in [1.807, 2.05) is 0 Å². The summed E-state index contributed by atoms with van der Waals surface area (Å²) in [5, 5.41) is 18.1. The topological polar surface area (TPSA) is 193 Å². The van der Waals surface area contributed by atoms with Gasteiger partial charge in [0, 0.05) is 0 Å². The number of hydrogen-bond acceptors (Lipinski definition) is 9. The van der Waals surface area contributed by atoms with Crippen molar-refractivity contribution in [1.82, 2.24) is 8.61 Å². The fourth-order valence-corrected chi connectivity index (χ4v) is 6.81. The monoisotopic (exact) mass is 524 g/mol. The number of sulfonamides is 2. The summed E-state index contributed by atoms with van der Waals surface area (Å²) in [6, 6.07) is 6.22. The lowest BCUT2D eigenvalue weighted by Crippen LogP contribution is -2.35. The van der Waals surface area contributed by atoms with Crippen LogP contribution in [-0.2, 0) is 24.8 Å². The molecular weight excluding hydrogens is 508 g/mol. The first-order valence-corrected chi connectivity index (χ1v) is 12.7. The predicted octanol–water partition coefficient (Wildman–Crippen LogP) is 0.0888. The Morgan fingerprint density at radius 2 is 1.09 bits per heavy atom. The van der Waals surface area contributed by atoms with Gasteiger partial charge in [0.05, 0.1) is 48.6 Å². The zero-order valence-electron chi connectivity index (χ0n) is 17.6. The normalized spacial score (nSPS) is 17.4. The van der Waals surface area contributed by atoms with E-state index in [2.05, 4.69) is 0 Å². The number of ether oxygens (including phenoxy) is 1. The van der Waals surface area contributed by atoms with Crippen LogP contribution >= 0.6 is 0 Å². The second-order valence-corrected chi connectivity index (χ2v) is 11.1. The van der Waals surface area contributed by atoms with Gasteiger partial charge in [0.15, 0.2) is 0 Å². The predicted molar refractivity (Wildman–Crippen MR) is 114 cm³/mol. The van der Waals surface area contributed by atoms with E-state index in [9.17, 15) is 36.0 Å². The summed E-state index contributed by atoms with van der Waals surface area (Å²) in [4.78, 5) is 46.3. The first-order chi connectivity index (χ1) is 16.4. The van der Waals surface area contributed by atoms with Crippen molar-refractivity contribution in [2.75, 3.05) is 26.3 Å². The summed E-state index contributed by atoms with van der Waals surface area (Å²) in [6.07, 6.45) is 0. The highest BCUT2D eigenvalue weighted by atomic mass is 32.2. The maximum Gasteiger partial charge on any atom is 0.335 e. The lowest BCUT2D eigenvalue weighted by molar-refractivity contribution is 0.0685. The average Bonchev–Trinajstić information content (AvgIpc) is 3.11. The van der Waals surface area contributed by atoms with Gasteiger partial charge >= 0.3 is 11.9 Å². The molecule has 2 aromatic carbocycles. The standard InChI is InChI=1S/C20H16N2O11S2/c23-17-13-3-1-11(19(25)26)9-15(13)34(29,30)21(17)5-7-33-8-6-22-18(24)14-4-2-12(20(27)28)10-16(14)35(22,31)32/h1-4,9-10H,5-8H2,(H,25,26)(H,27,28). The maximum absolute atomic E-state index is 12.7. The second kappa shape index (κ2) is 8.44. The molecule has 2 heterocycles. The van der Waals surface area contributed by atoms with Gasteiger partial charge in [0.1, 0.15) is 9.79 Å². The van der Waals surface area contributed by atoms with Crippen LogP contribution in [0, 0.1) is 0 Å². The number of nitrogens with zero attached hydrogens (tertiary/aromatic N) is 2. The molecule has 0 fully saturated rings. The van der Waals surface area contributed by atoms with E-state index >= 15 is 0 Å². The van der Waals surface area contributed by atoms with Gasteiger partial charge in [-0.15, -0.1) is 0 Å². The quantitative estimate of drug-likeness (QED) is 0.445. The van der Waals surface area contributed by atoms with Crippen LogP contribution in [0.25, 0.3) is 0 Å². The second-order valence-electron chi connectivity index (χ2n) is 7.41. The highest BCUT2D eigenvalue weighted by Crippen LogP contribution is 2.32. The van der Waals surface area contributed by atoms with Gasteiger partial charge in [0.25, 0.3) is 31.9 Å². The van der Waals surface area contributed by atoms with Crippen LogP contribution in [0.3, 0.4) is 0 Å². The Hall–Kier alpha value is -3.82. The average molecular weight is 524 g/mol. The molecule has 0 aromatic heterocycles. The van der Waals surface area contributed by atoms with E-state index in [0.29, 0.717) is 8.61 Å². The summed E-state index contributed by atoms with van der Waals surface area (Å²) in [5.41, 5.74) is -0.957. The summed E-state index contributed by atoms with van der Waals surface area (Å²) in [5.74, 6) is -4.43. The van der Waals surface area contributed by atoms with Crippen molar-refractivity contribution in [3.63, 3.8) is 0 Å². The Morgan fingerprint density at radius 3 is 1.43 bits per heavy atom. The molecule has 0 aliphatic carbocycles. The summed E-state index contributed by atoms with van der Waals surface area (Å²) in [6.45, 7) is -1.52. The van der Waals surface area contributed by atoms with Gasteiger partial charge < -0.3 is 14.9 Å². The Morgan fingerprint density at radius 1 is 0.714 bits per heavy atom. The lowest BCUT2D eigenvalue weighted by Gasteiger charge is -2.17. The number of amides is 2. The minimum atomic E-state index is -4.30. The number of benzene rings is 2. The van der Waals surface area contributed by atoms with Crippen LogP contribution in [0.1, 0.15) is 41.4 Å². The van der Waals surface area contributed by atoms with Crippen LogP contribution in [-0.4, -0.2) is 85.7 Å². The maximum atomic E-state index is 12.7. The molecule has 2 aliphatic rings. The minimum absolute atomic E-state index is 0.178. The molecule has 0 bridgehead atoms. The molecule has 0 saturated carbocycles. The van der Waals surface area contributed by atoms with Crippen molar-refractivity contribution >= 4 is 43.8 Å². The molecule has 2 amide bonds. The van der Waals surface area contributed by atoms with Gasteiger partial charge in [-0.05, 0) is 36.4 Å². The molecule has 0 unspecified atom stereocenters. The van der Waals surface area contributed by atoms with Crippen molar-refractivity contribution in [3.8, 4) is 0 Å². The number of carbonyl (C=O) groups excluding carboxylic acids is 2. The zero-order valence-corrected chi connectivity index (χ0v) is 19.2. The van der Waals surface area contributed by atoms with Crippen LogP contribution in [0.4, 0.5) is 0 Å². The number of carboxylic acids is 2. The molecule has 13 nitrogen and oxygen atoms in total.